The van der Waals surface area contributed by atoms with Crippen molar-refractivity contribution in [2.75, 3.05) is 0 Å². The lowest BCUT2D eigenvalue weighted by Crippen LogP contribution is -2.19. The molecule has 1 N–H and O–H groups in total. The van der Waals surface area contributed by atoms with Gasteiger partial charge in [0.25, 0.3) is 5.56 Å². The van der Waals surface area contributed by atoms with Crippen LogP contribution in [0.2, 0.25) is 0 Å². The van der Waals surface area contributed by atoms with E-state index in [0.717, 1.165) is 36.2 Å². The van der Waals surface area contributed by atoms with Gasteiger partial charge in [-0.3, -0.25) is 14.6 Å². The van der Waals surface area contributed by atoms with Crippen molar-refractivity contribution in [2.24, 2.45) is 5.92 Å². The molecule has 2 rings (SSSR count). The molecule has 3 heteroatoms. The maximum atomic E-state index is 12.4. The first-order valence-corrected chi connectivity index (χ1v) is 7.00. The molecule has 0 aliphatic carbocycles. The number of hydrogen-bond acceptors (Lipinski definition) is 1. The van der Waals surface area contributed by atoms with Crippen molar-refractivity contribution in [1.82, 2.24) is 9.78 Å². The van der Waals surface area contributed by atoms with E-state index in [1.54, 1.807) is 4.68 Å². The van der Waals surface area contributed by atoms with Crippen LogP contribution in [0, 0.1) is 5.92 Å². The largest absolute Gasteiger partial charge is 0.295 e. The molecule has 0 unspecified atom stereocenters. The van der Waals surface area contributed by atoms with Crippen LogP contribution >= 0.6 is 0 Å². The Kier molecular flexibility index (Phi) is 4.25. The first kappa shape index (κ1) is 13.7. The summed E-state index contributed by atoms with van der Waals surface area (Å²) in [6.07, 6.45) is 1.77. The van der Waals surface area contributed by atoms with E-state index in [4.69, 9.17) is 0 Å². The van der Waals surface area contributed by atoms with E-state index in [1.165, 1.54) is 0 Å². The van der Waals surface area contributed by atoms with E-state index in [2.05, 4.69) is 25.9 Å². The summed E-state index contributed by atoms with van der Waals surface area (Å²) in [5, 5.41) is 3.28. The highest BCUT2D eigenvalue weighted by atomic mass is 16.1. The minimum atomic E-state index is 0.134. The van der Waals surface area contributed by atoms with Gasteiger partial charge in [-0.25, -0.2) is 0 Å². The average Bonchev–Trinajstić information content (AvgIpc) is 2.69. The van der Waals surface area contributed by atoms with Gasteiger partial charge in [-0.2, -0.15) is 0 Å². The third kappa shape index (κ3) is 2.98. The zero-order valence-corrected chi connectivity index (χ0v) is 11.9. The number of aromatic nitrogens is 2. The van der Waals surface area contributed by atoms with Crippen LogP contribution in [0.4, 0.5) is 0 Å². The summed E-state index contributed by atoms with van der Waals surface area (Å²) in [7, 11) is 0. The van der Waals surface area contributed by atoms with Gasteiger partial charge in [0.05, 0.1) is 5.69 Å². The van der Waals surface area contributed by atoms with Crippen LogP contribution in [0.25, 0.3) is 11.3 Å². The molecule has 0 aliphatic rings. The zero-order chi connectivity index (χ0) is 13.8. The predicted octanol–water partition coefficient (Wildman–Crippen LogP) is 3.45. The van der Waals surface area contributed by atoms with Crippen LogP contribution in [0.1, 0.15) is 32.8 Å². The second kappa shape index (κ2) is 5.91. The maximum absolute atomic E-state index is 12.4. The molecule has 1 aromatic heterocycles. The molecule has 0 aliphatic heterocycles. The van der Waals surface area contributed by atoms with Gasteiger partial charge >= 0.3 is 0 Å². The van der Waals surface area contributed by atoms with E-state index in [0.29, 0.717) is 5.92 Å². The van der Waals surface area contributed by atoms with Crippen molar-refractivity contribution in [1.29, 1.82) is 0 Å². The number of nitrogens with one attached hydrogen (secondary N) is 1. The molecule has 0 bridgehead atoms. The number of benzene rings is 1. The van der Waals surface area contributed by atoms with Gasteiger partial charge in [-0.05, 0) is 24.3 Å². The fraction of sp³-hybridized carbons (Fsp3) is 0.438. The normalized spacial score (nSPS) is 11.2. The highest BCUT2D eigenvalue weighted by molar-refractivity contribution is 5.62. The molecule has 1 aromatic carbocycles. The van der Waals surface area contributed by atoms with Crippen LogP contribution in [0.5, 0.6) is 0 Å². The molecular formula is C16H22N2O. The van der Waals surface area contributed by atoms with Gasteiger partial charge in [0.2, 0.25) is 0 Å². The minimum Gasteiger partial charge on any atom is -0.295 e. The lowest BCUT2D eigenvalue weighted by molar-refractivity contribution is 0.581. The Hall–Kier alpha value is -1.77. The van der Waals surface area contributed by atoms with Gasteiger partial charge in [0, 0.05) is 12.1 Å². The van der Waals surface area contributed by atoms with Crippen molar-refractivity contribution in [3.05, 3.63) is 46.2 Å². The summed E-state index contributed by atoms with van der Waals surface area (Å²) >= 11 is 0. The number of nitrogens with zero attached hydrogens (tertiary/aromatic N) is 1. The van der Waals surface area contributed by atoms with Crippen LogP contribution in [0.3, 0.4) is 0 Å². The second-order valence-electron chi connectivity index (χ2n) is 5.39. The molecule has 0 saturated carbocycles. The Morgan fingerprint density at radius 1 is 1.21 bits per heavy atom. The fourth-order valence-corrected chi connectivity index (χ4v) is 2.35. The SMILES string of the molecule is CCCn1[nH]c(-c2ccccc2)c(CC(C)C)c1=O. The van der Waals surface area contributed by atoms with E-state index in [1.807, 2.05) is 30.3 Å². The molecule has 0 radical (unpaired) electrons. The van der Waals surface area contributed by atoms with Gasteiger partial charge in [0.15, 0.2) is 0 Å². The molecule has 0 spiro atoms. The van der Waals surface area contributed by atoms with Crippen molar-refractivity contribution in [2.45, 2.75) is 40.2 Å². The average molecular weight is 258 g/mol. The molecular weight excluding hydrogens is 236 g/mol. The smallest absolute Gasteiger partial charge is 0.270 e. The van der Waals surface area contributed by atoms with E-state index in [9.17, 15) is 4.79 Å². The monoisotopic (exact) mass is 258 g/mol. The Balaban J connectivity index is 2.52. The summed E-state index contributed by atoms with van der Waals surface area (Å²) in [6, 6.07) is 10.1. The van der Waals surface area contributed by atoms with Gasteiger partial charge < -0.3 is 0 Å². The summed E-state index contributed by atoms with van der Waals surface area (Å²) < 4.78 is 1.74. The second-order valence-corrected chi connectivity index (χ2v) is 5.39. The van der Waals surface area contributed by atoms with Gasteiger partial charge in [0.1, 0.15) is 0 Å². The number of rotatable bonds is 5. The van der Waals surface area contributed by atoms with E-state index in [-0.39, 0.29) is 5.56 Å². The minimum absolute atomic E-state index is 0.134. The van der Waals surface area contributed by atoms with Crippen LogP contribution < -0.4 is 5.56 Å². The van der Waals surface area contributed by atoms with E-state index >= 15 is 0 Å². The molecule has 0 amide bonds. The lowest BCUT2D eigenvalue weighted by Gasteiger charge is -2.04. The van der Waals surface area contributed by atoms with E-state index < -0.39 is 0 Å². The molecule has 19 heavy (non-hydrogen) atoms. The summed E-state index contributed by atoms with van der Waals surface area (Å²) in [4.78, 5) is 12.4. The number of hydrogen-bond donors (Lipinski definition) is 1. The Morgan fingerprint density at radius 3 is 2.47 bits per heavy atom. The molecule has 2 aromatic rings. The van der Waals surface area contributed by atoms with Crippen LogP contribution in [-0.4, -0.2) is 9.78 Å². The fourth-order valence-electron chi connectivity index (χ4n) is 2.35. The van der Waals surface area contributed by atoms with Crippen molar-refractivity contribution in [3.63, 3.8) is 0 Å². The lowest BCUT2D eigenvalue weighted by atomic mass is 10.00. The molecule has 3 nitrogen and oxygen atoms in total. The molecule has 0 atom stereocenters. The highest BCUT2D eigenvalue weighted by Gasteiger charge is 2.16. The number of aryl methyl sites for hydroxylation is 1. The Bertz CT molecular complexity index is 579. The Labute approximate surface area is 114 Å². The van der Waals surface area contributed by atoms with Crippen LogP contribution in [-0.2, 0) is 13.0 Å². The predicted molar refractivity (Wildman–Crippen MR) is 79.3 cm³/mol. The zero-order valence-electron chi connectivity index (χ0n) is 11.9. The topological polar surface area (TPSA) is 37.8 Å². The third-order valence-corrected chi connectivity index (χ3v) is 3.17. The summed E-state index contributed by atoms with van der Waals surface area (Å²) in [6.45, 7) is 7.12. The molecule has 102 valence electrons. The first-order valence-electron chi connectivity index (χ1n) is 7.00. The third-order valence-electron chi connectivity index (χ3n) is 3.17. The highest BCUT2D eigenvalue weighted by Crippen LogP contribution is 2.21. The van der Waals surface area contributed by atoms with Gasteiger partial charge in [-0.15, -0.1) is 0 Å². The molecule has 1 heterocycles. The summed E-state index contributed by atoms with van der Waals surface area (Å²) in [5.41, 5.74) is 3.11. The van der Waals surface area contributed by atoms with Crippen LogP contribution in [0.15, 0.2) is 35.1 Å². The van der Waals surface area contributed by atoms with Crippen molar-refractivity contribution < 1.29 is 0 Å². The number of H-pyrrole nitrogens is 1. The standard InChI is InChI=1S/C16H22N2O/c1-4-10-18-16(19)14(11-12(2)3)15(17-18)13-8-6-5-7-9-13/h5-9,12,17H,4,10-11H2,1-3H3. The maximum Gasteiger partial charge on any atom is 0.270 e. The first-order chi connectivity index (χ1) is 9.13. The molecule has 0 fully saturated rings. The number of aromatic amines is 1. The Morgan fingerprint density at radius 2 is 1.89 bits per heavy atom. The van der Waals surface area contributed by atoms with Crippen molar-refractivity contribution >= 4 is 0 Å². The van der Waals surface area contributed by atoms with Gasteiger partial charge in [-0.1, -0.05) is 51.1 Å². The summed E-state index contributed by atoms with van der Waals surface area (Å²) in [5.74, 6) is 0.473. The van der Waals surface area contributed by atoms with Crippen molar-refractivity contribution in [3.8, 4) is 11.3 Å². The quantitative estimate of drug-likeness (QED) is 0.876. The molecule has 0 saturated heterocycles.